The third kappa shape index (κ3) is 5.82. The molecule has 1 saturated heterocycles. The molecular weight excluding hydrogens is 436 g/mol. The van der Waals surface area contributed by atoms with Gasteiger partial charge in [-0.2, -0.15) is 0 Å². The molecule has 2 aliphatic heterocycles. The van der Waals surface area contributed by atoms with Crippen molar-refractivity contribution in [2.75, 3.05) is 18.0 Å². The standard InChI is InChI=1S/C26H36N2O2S2/c1-3-5-7-9-11-15-19-28-25(30)23(32-26(28)31)22-20-16-12-13-17-21(20)27(24(22)29)18-14-10-8-6-4-2/h12-13,16-17H,3-11,14-15,18-19H2,1-2H3. The van der Waals surface area contributed by atoms with Gasteiger partial charge in [-0.1, -0.05) is 114 Å². The first-order chi connectivity index (χ1) is 15.6. The number of carbonyl (C=O) groups is 2. The fourth-order valence-electron chi connectivity index (χ4n) is 4.39. The Balaban J connectivity index is 1.71. The number of nitrogens with zero attached hydrogens (tertiary/aromatic N) is 2. The molecule has 4 nitrogen and oxygen atoms in total. The molecular formula is C26H36N2O2S2. The Morgan fingerprint density at radius 3 is 1.97 bits per heavy atom. The fraction of sp³-hybridized carbons (Fsp3) is 0.577. The Labute approximate surface area is 202 Å². The van der Waals surface area contributed by atoms with Crippen LogP contribution in [0.25, 0.3) is 5.57 Å². The number of unbranched alkanes of at least 4 members (excludes halogenated alkanes) is 9. The number of thioether (sulfide) groups is 1. The van der Waals surface area contributed by atoms with E-state index in [-0.39, 0.29) is 11.8 Å². The van der Waals surface area contributed by atoms with E-state index in [1.54, 1.807) is 4.90 Å². The maximum Gasteiger partial charge on any atom is 0.267 e. The molecule has 2 aliphatic rings. The second-order valence-corrected chi connectivity index (χ2v) is 10.3. The normalized spacial score (nSPS) is 18.2. The summed E-state index contributed by atoms with van der Waals surface area (Å²) in [6, 6.07) is 7.85. The van der Waals surface area contributed by atoms with Crippen LogP contribution >= 0.6 is 24.0 Å². The second kappa shape index (κ2) is 12.5. The zero-order chi connectivity index (χ0) is 22.9. The van der Waals surface area contributed by atoms with Gasteiger partial charge in [-0.3, -0.25) is 14.5 Å². The summed E-state index contributed by atoms with van der Waals surface area (Å²) >= 11 is 6.83. The number of carbonyl (C=O) groups excluding carboxylic acids is 2. The number of fused-ring (bicyclic) bond motifs is 1. The van der Waals surface area contributed by atoms with E-state index >= 15 is 0 Å². The number of anilines is 1. The highest BCUT2D eigenvalue weighted by atomic mass is 32.2. The predicted molar refractivity (Wildman–Crippen MR) is 140 cm³/mol. The van der Waals surface area contributed by atoms with Gasteiger partial charge < -0.3 is 4.90 Å². The van der Waals surface area contributed by atoms with Gasteiger partial charge >= 0.3 is 0 Å². The topological polar surface area (TPSA) is 40.6 Å². The number of para-hydroxylation sites is 1. The number of rotatable bonds is 13. The van der Waals surface area contributed by atoms with Gasteiger partial charge in [0.15, 0.2) is 0 Å². The van der Waals surface area contributed by atoms with Crippen molar-refractivity contribution < 1.29 is 9.59 Å². The van der Waals surface area contributed by atoms with Crippen LogP contribution in [0.4, 0.5) is 5.69 Å². The minimum absolute atomic E-state index is 0.0539. The van der Waals surface area contributed by atoms with Crippen LogP contribution in [0.2, 0.25) is 0 Å². The average Bonchev–Trinajstić information content (AvgIpc) is 3.23. The molecule has 6 heteroatoms. The van der Waals surface area contributed by atoms with Gasteiger partial charge in [-0.15, -0.1) is 0 Å². The van der Waals surface area contributed by atoms with Crippen molar-refractivity contribution in [3.63, 3.8) is 0 Å². The van der Waals surface area contributed by atoms with E-state index in [9.17, 15) is 9.59 Å². The summed E-state index contributed by atoms with van der Waals surface area (Å²) in [5, 5.41) is 0. The summed E-state index contributed by atoms with van der Waals surface area (Å²) in [7, 11) is 0. The van der Waals surface area contributed by atoms with Gasteiger partial charge in [0.25, 0.3) is 11.8 Å². The first-order valence-electron chi connectivity index (χ1n) is 12.3. The SMILES string of the molecule is CCCCCCCCN1C(=O)C(=C2C(=O)N(CCCCCCC)c3ccccc32)SC1=S. The molecule has 0 aromatic heterocycles. The predicted octanol–water partition coefficient (Wildman–Crippen LogP) is 6.94. The summed E-state index contributed by atoms with van der Waals surface area (Å²) in [5.41, 5.74) is 2.33. The lowest BCUT2D eigenvalue weighted by molar-refractivity contribution is -0.122. The number of hydrogen-bond donors (Lipinski definition) is 0. The van der Waals surface area contributed by atoms with Crippen LogP contribution in [0.15, 0.2) is 29.2 Å². The minimum atomic E-state index is -0.100. The molecule has 0 N–H and O–H groups in total. The molecule has 3 rings (SSSR count). The molecule has 0 atom stereocenters. The lowest BCUT2D eigenvalue weighted by Gasteiger charge is -2.17. The number of amides is 2. The molecule has 1 aromatic rings. The molecule has 0 aliphatic carbocycles. The van der Waals surface area contributed by atoms with Crippen LogP contribution in [0.5, 0.6) is 0 Å². The van der Waals surface area contributed by atoms with Crippen molar-refractivity contribution in [2.24, 2.45) is 0 Å². The van der Waals surface area contributed by atoms with E-state index in [4.69, 9.17) is 12.2 Å². The molecule has 174 valence electrons. The zero-order valence-corrected chi connectivity index (χ0v) is 21.2. The molecule has 1 aromatic carbocycles. The smallest absolute Gasteiger partial charge is 0.267 e. The van der Waals surface area contributed by atoms with Gasteiger partial charge in [-0.05, 0) is 18.9 Å². The lowest BCUT2D eigenvalue weighted by atomic mass is 10.1. The van der Waals surface area contributed by atoms with E-state index < -0.39 is 0 Å². The van der Waals surface area contributed by atoms with Crippen LogP contribution in [0.3, 0.4) is 0 Å². The molecule has 0 spiro atoms. The molecule has 0 unspecified atom stereocenters. The van der Waals surface area contributed by atoms with Crippen LogP contribution < -0.4 is 4.90 Å². The molecule has 0 bridgehead atoms. The molecule has 1 fully saturated rings. The van der Waals surface area contributed by atoms with Crippen molar-refractivity contribution in [1.29, 1.82) is 0 Å². The van der Waals surface area contributed by atoms with E-state index in [1.807, 2.05) is 29.2 Å². The van der Waals surface area contributed by atoms with Gasteiger partial charge in [-0.25, -0.2) is 0 Å². The van der Waals surface area contributed by atoms with Gasteiger partial charge in [0.1, 0.15) is 4.32 Å². The third-order valence-electron chi connectivity index (χ3n) is 6.22. The quantitative estimate of drug-likeness (QED) is 0.177. The van der Waals surface area contributed by atoms with Crippen LogP contribution in [0, 0.1) is 0 Å². The highest BCUT2D eigenvalue weighted by molar-refractivity contribution is 8.26. The summed E-state index contributed by atoms with van der Waals surface area (Å²) in [4.78, 5) is 30.7. The van der Waals surface area contributed by atoms with E-state index in [1.165, 1.54) is 56.7 Å². The Morgan fingerprint density at radius 2 is 1.31 bits per heavy atom. The van der Waals surface area contributed by atoms with Crippen LogP contribution in [-0.4, -0.2) is 34.1 Å². The van der Waals surface area contributed by atoms with Gasteiger partial charge in [0.05, 0.1) is 16.2 Å². The zero-order valence-electron chi connectivity index (χ0n) is 19.5. The monoisotopic (exact) mass is 472 g/mol. The van der Waals surface area contributed by atoms with Crippen molar-refractivity contribution in [3.8, 4) is 0 Å². The highest BCUT2D eigenvalue weighted by Gasteiger charge is 2.41. The maximum absolute atomic E-state index is 13.4. The summed E-state index contributed by atoms with van der Waals surface area (Å²) in [6.07, 6.45) is 12.7. The van der Waals surface area contributed by atoms with Crippen molar-refractivity contribution >= 4 is 51.4 Å². The fourth-order valence-corrected chi connectivity index (χ4v) is 5.77. The Kier molecular flexibility index (Phi) is 9.79. The summed E-state index contributed by atoms with van der Waals surface area (Å²) in [6.45, 7) is 5.75. The Bertz CT molecular complexity index is 865. The Hall–Kier alpha value is -1.66. The molecule has 32 heavy (non-hydrogen) atoms. The summed E-state index contributed by atoms with van der Waals surface area (Å²) in [5.74, 6) is -0.154. The van der Waals surface area contributed by atoms with E-state index in [0.717, 1.165) is 36.9 Å². The van der Waals surface area contributed by atoms with Crippen molar-refractivity contribution in [2.45, 2.75) is 84.5 Å². The van der Waals surface area contributed by atoms with Gasteiger partial charge in [0.2, 0.25) is 0 Å². The average molecular weight is 473 g/mol. The lowest BCUT2D eigenvalue weighted by Crippen LogP contribution is -2.30. The number of benzene rings is 1. The first-order valence-corrected chi connectivity index (χ1v) is 13.5. The molecule has 0 saturated carbocycles. The second-order valence-electron chi connectivity index (χ2n) is 8.68. The van der Waals surface area contributed by atoms with E-state index in [2.05, 4.69) is 13.8 Å². The largest absolute Gasteiger partial charge is 0.308 e. The number of thiocarbonyl (C=S) groups is 1. The summed E-state index contributed by atoms with van der Waals surface area (Å²) < 4.78 is 0.578. The molecule has 2 amide bonds. The van der Waals surface area contributed by atoms with Gasteiger partial charge in [0, 0.05) is 18.7 Å². The molecule has 2 heterocycles. The number of hydrogen-bond acceptors (Lipinski definition) is 4. The van der Waals surface area contributed by atoms with Crippen molar-refractivity contribution in [1.82, 2.24) is 4.90 Å². The first kappa shape index (κ1) is 25.0. The minimum Gasteiger partial charge on any atom is -0.308 e. The van der Waals surface area contributed by atoms with Crippen molar-refractivity contribution in [3.05, 3.63) is 34.7 Å². The maximum atomic E-state index is 13.4. The molecule has 0 radical (unpaired) electrons. The van der Waals surface area contributed by atoms with Crippen LogP contribution in [-0.2, 0) is 9.59 Å². The third-order valence-corrected chi connectivity index (χ3v) is 7.67. The Morgan fingerprint density at radius 1 is 0.750 bits per heavy atom. The van der Waals surface area contributed by atoms with E-state index in [0.29, 0.717) is 27.9 Å². The van der Waals surface area contributed by atoms with Crippen LogP contribution in [0.1, 0.15) is 90.0 Å². The highest BCUT2D eigenvalue weighted by Crippen LogP contribution is 2.44.